The van der Waals surface area contributed by atoms with Crippen molar-refractivity contribution in [2.24, 2.45) is 16.8 Å². The highest BCUT2D eigenvalue weighted by molar-refractivity contribution is 5.79. The van der Waals surface area contributed by atoms with Gasteiger partial charge in [0.25, 0.3) is 0 Å². The van der Waals surface area contributed by atoms with E-state index in [-0.39, 0.29) is 0 Å². The molecule has 2 atom stereocenters. The minimum absolute atomic E-state index is 0.506. The lowest BCUT2D eigenvalue weighted by Crippen LogP contribution is -2.48. The van der Waals surface area contributed by atoms with Crippen molar-refractivity contribution < 1.29 is 4.74 Å². The maximum atomic E-state index is 5.46. The molecule has 1 rings (SSSR count). The Morgan fingerprint density at radius 2 is 2.29 bits per heavy atom. The van der Waals surface area contributed by atoms with Gasteiger partial charge < -0.3 is 10.1 Å². The molecule has 2 unspecified atom stereocenters. The molecule has 0 aromatic rings. The Morgan fingerprint density at radius 3 is 2.94 bits per heavy atom. The zero-order chi connectivity index (χ0) is 12.5. The van der Waals surface area contributed by atoms with E-state index in [9.17, 15) is 0 Å². The summed E-state index contributed by atoms with van der Waals surface area (Å²) < 4.78 is 4.96. The fraction of sp³-hybridized carbons (Fsp3) is 0.917. The Balaban J connectivity index is 2.36. The number of guanidine groups is 1. The molecule has 17 heavy (non-hydrogen) atoms. The summed E-state index contributed by atoms with van der Waals surface area (Å²) in [6.45, 7) is 3.52. The predicted octanol–water partition coefficient (Wildman–Crippen LogP) is 1.01. The molecule has 100 valence electrons. The first-order chi connectivity index (χ1) is 8.30. The molecule has 0 aromatic heterocycles. The van der Waals surface area contributed by atoms with E-state index in [0.717, 1.165) is 5.92 Å². The maximum Gasteiger partial charge on any atom is 0.206 e. The van der Waals surface area contributed by atoms with Gasteiger partial charge in [-0.3, -0.25) is 5.43 Å². The van der Waals surface area contributed by atoms with E-state index in [2.05, 4.69) is 22.7 Å². The molecule has 0 spiro atoms. The van der Waals surface area contributed by atoms with Crippen LogP contribution >= 0.6 is 0 Å². The normalized spacial score (nSPS) is 25.7. The topological polar surface area (TPSA) is 71.7 Å². The highest BCUT2D eigenvalue weighted by atomic mass is 16.5. The van der Waals surface area contributed by atoms with Gasteiger partial charge in [0.2, 0.25) is 5.96 Å². The number of ether oxygens (including phenoxy) is 1. The number of hydrogen-bond donors (Lipinski definition) is 3. The van der Waals surface area contributed by atoms with Crippen LogP contribution in [0.25, 0.3) is 0 Å². The molecule has 5 nitrogen and oxygen atoms in total. The minimum atomic E-state index is 0.506. The van der Waals surface area contributed by atoms with E-state index in [1.165, 1.54) is 32.1 Å². The van der Waals surface area contributed by atoms with Gasteiger partial charge in [-0.15, -0.1) is 0 Å². The second-order valence-electron chi connectivity index (χ2n) is 4.65. The van der Waals surface area contributed by atoms with Crippen molar-refractivity contribution in [1.29, 1.82) is 0 Å². The molecule has 4 N–H and O–H groups in total. The summed E-state index contributed by atoms with van der Waals surface area (Å²) in [7, 11) is 1.67. The summed E-state index contributed by atoms with van der Waals surface area (Å²) in [4.78, 5) is 4.32. The average Bonchev–Trinajstić information content (AvgIpc) is 2.38. The van der Waals surface area contributed by atoms with Crippen molar-refractivity contribution in [3.63, 3.8) is 0 Å². The van der Waals surface area contributed by atoms with Gasteiger partial charge in [-0.2, -0.15) is 0 Å². The van der Waals surface area contributed by atoms with Crippen LogP contribution in [-0.4, -0.2) is 32.3 Å². The highest BCUT2D eigenvalue weighted by Crippen LogP contribution is 2.26. The first-order valence-electron chi connectivity index (χ1n) is 6.56. The van der Waals surface area contributed by atoms with Gasteiger partial charge in [0.15, 0.2) is 0 Å². The third kappa shape index (κ3) is 5.37. The van der Waals surface area contributed by atoms with Gasteiger partial charge in [-0.25, -0.2) is 10.8 Å². The molecular weight excluding hydrogens is 216 g/mol. The van der Waals surface area contributed by atoms with Crippen LogP contribution in [0.2, 0.25) is 0 Å². The van der Waals surface area contributed by atoms with E-state index < -0.39 is 0 Å². The second-order valence-corrected chi connectivity index (χ2v) is 4.65. The molecule has 5 heteroatoms. The van der Waals surface area contributed by atoms with Gasteiger partial charge >= 0.3 is 0 Å². The highest BCUT2D eigenvalue weighted by Gasteiger charge is 2.21. The van der Waals surface area contributed by atoms with E-state index in [1.54, 1.807) is 7.11 Å². The quantitative estimate of drug-likeness (QED) is 0.221. The smallest absolute Gasteiger partial charge is 0.206 e. The van der Waals surface area contributed by atoms with Gasteiger partial charge in [0.1, 0.15) is 0 Å². The van der Waals surface area contributed by atoms with Crippen molar-refractivity contribution in [3.8, 4) is 0 Å². The zero-order valence-electron chi connectivity index (χ0n) is 11.0. The lowest BCUT2D eigenvalue weighted by Gasteiger charge is -2.29. The number of methoxy groups -OCH3 is 1. The van der Waals surface area contributed by atoms with Crippen molar-refractivity contribution in [2.75, 3.05) is 20.3 Å². The Labute approximate surface area is 104 Å². The third-order valence-corrected chi connectivity index (χ3v) is 3.40. The van der Waals surface area contributed by atoms with Crippen molar-refractivity contribution >= 4 is 5.96 Å². The van der Waals surface area contributed by atoms with Gasteiger partial charge in [-0.05, 0) is 18.8 Å². The van der Waals surface area contributed by atoms with E-state index in [4.69, 9.17) is 10.6 Å². The molecule has 1 fully saturated rings. The molecule has 1 saturated carbocycles. The molecule has 0 aromatic carbocycles. The van der Waals surface area contributed by atoms with Crippen LogP contribution < -0.4 is 16.6 Å². The maximum absolute atomic E-state index is 5.46. The Kier molecular flexibility index (Phi) is 6.96. The van der Waals surface area contributed by atoms with E-state index in [0.29, 0.717) is 25.2 Å². The molecule has 0 aliphatic heterocycles. The number of rotatable bonds is 5. The van der Waals surface area contributed by atoms with Crippen LogP contribution in [0.3, 0.4) is 0 Å². The Morgan fingerprint density at radius 1 is 1.47 bits per heavy atom. The Hall–Kier alpha value is -0.810. The summed E-state index contributed by atoms with van der Waals surface area (Å²) in [5.74, 6) is 6.99. The molecule has 0 heterocycles. The van der Waals surface area contributed by atoms with Crippen molar-refractivity contribution in [2.45, 2.75) is 45.1 Å². The van der Waals surface area contributed by atoms with Crippen LogP contribution in [-0.2, 0) is 4.74 Å². The monoisotopic (exact) mass is 242 g/mol. The zero-order valence-corrected chi connectivity index (χ0v) is 11.0. The molecular formula is C12H26N4O. The summed E-state index contributed by atoms with van der Waals surface area (Å²) in [6.07, 6.45) is 6.36. The van der Waals surface area contributed by atoms with Crippen LogP contribution in [0.5, 0.6) is 0 Å². The number of aliphatic imine (C=N–C) groups is 1. The average molecular weight is 242 g/mol. The molecule has 0 amide bonds. The summed E-state index contributed by atoms with van der Waals surface area (Å²) in [5, 5.41) is 3.39. The van der Waals surface area contributed by atoms with E-state index in [1.807, 2.05) is 0 Å². The summed E-state index contributed by atoms with van der Waals surface area (Å²) in [5.41, 5.74) is 2.62. The minimum Gasteiger partial charge on any atom is -0.383 e. The van der Waals surface area contributed by atoms with Gasteiger partial charge in [0.05, 0.1) is 13.2 Å². The number of nitrogens with two attached hydrogens (primary N) is 1. The van der Waals surface area contributed by atoms with Crippen molar-refractivity contribution in [1.82, 2.24) is 10.7 Å². The van der Waals surface area contributed by atoms with Gasteiger partial charge in [0, 0.05) is 13.2 Å². The fourth-order valence-electron chi connectivity index (χ4n) is 2.37. The largest absolute Gasteiger partial charge is 0.383 e. The predicted molar refractivity (Wildman–Crippen MR) is 70.7 cm³/mol. The molecule has 0 radical (unpaired) electrons. The lowest BCUT2D eigenvalue weighted by atomic mass is 9.84. The van der Waals surface area contributed by atoms with Gasteiger partial charge in [-0.1, -0.05) is 26.2 Å². The van der Waals surface area contributed by atoms with Crippen LogP contribution in [0, 0.1) is 5.92 Å². The lowest BCUT2D eigenvalue weighted by molar-refractivity contribution is 0.207. The van der Waals surface area contributed by atoms with Crippen molar-refractivity contribution in [3.05, 3.63) is 0 Å². The molecule has 0 saturated heterocycles. The molecule has 0 bridgehead atoms. The number of hydrazine groups is 1. The summed E-state index contributed by atoms with van der Waals surface area (Å²) in [6, 6.07) is 0.506. The number of nitrogens with one attached hydrogen (secondary N) is 2. The van der Waals surface area contributed by atoms with Crippen LogP contribution in [0.4, 0.5) is 0 Å². The number of hydrogen-bond acceptors (Lipinski definition) is 3. The van der Waals surface area contributed by atoms with Crippen LogP contribution in [0.15, 0.2) is 4.99 Å². The van der Waals surface area contributed by atoms with Crippen LogP contribution in [0.1, 0.15) is 39.0 Å². The Bertz CT molecular complexity index is 233. The fourth-order valence-corrected chi connectivity index (χ4v) is 2.37. The first-order valence-corrected chi connectivity index (χ1v) is 6.56. The standard InChI is InChI=1S/C12H26N4O/c1-3-10-5-4-6-11(9-10)15-12(16-13)14-7-8-17-2/h10-11H,3-9,13H2,1-2H3,(H2,14,15,16). The third-order valence-electron chi connectivity index (χ3n) is 3.40. The summed E-state index contributed by atoms with van der Waals surface area (Å²) >= 11 is 0. The second kappa shape index (κ2) is 8.31. The van der Waals surface area contributed by atoms with E-state index >= 15 is 0 Å². The first kappa shape index (κ1) is 14.3. The number of nitrogens with zero attached hydrogens (tertiary/aromatic N) is 1. The SMILES string of the molecule is CCC1CCCC(NC(=NCCOC)NN)C1. The molecule has 1 aliphatic carbocycles. The molecule has 1 aliphatic rings.